The number of fused-ring (bicyclic) bond motifs is 1. The number of hydrogen-bond donors (Lipinski definition) is 1. The van der Waals surface area contributed by atoms with Crippen molar-refractivity contribution in [1.29, 1.82) is 0 Å². The maximum absolute atomic E-state index is 6.68. The predicted octanol–water partition coefficient (Wildman–Crippen LogP) is 4.00. The van der Waals surface area contributed by atoms with Gasteiger partial charge in [-0.15, -0.1) is 0 Å². The van der Waals surface area contributed by atoms with Crippen molar-refractivity contribution in [2.45, 2.75) is 51.4 Å². The van der Waals surface area contributed by atoms with E-state index in [0.29, 0.717) is 5.92 Å². The molecule has 1 N–H and O–H groups in total. The molecule has 1 aromatic carbocycles. The van der Waals surface area contributed by atoms with E-state index < -0.39 is 0 Å². The zero-order valence-corrected chi connectivity index (χ0v) is 13.3. The number of piperidine rings is 1. The van der Waals surface area contributed by atoms with Gasteiger partial charge < -0.3 is 10.1 Å². The van der Waals surface area contributed by atoms with Crippen molar-refractivity contribution < 1.29 is 4.74 Å². The van der Waals surface area contributed by atoms with E-state index >= 15 is 0 Å². The number of hydrogen-bond acceptors (Lipinski definition) is 2. The molecule has 0 radical (unpaired) electrons. The molecule has 0 bridgehead atoms. The van der Waals surface area contributed by atoms with E-state index in [9.17, 15) is 0 Å². The minimum Gasteiger partial charge on any atom is -0.495 e. The van der Waals surface area contributed by atoms with Crippen molar-refractivity contribution in [3.8, 4) is 5.75 Å². The largest absolute Gasteiger partial charge is 0.495 e. The molecule has 1 fully saturated rings. The maximum Gasteiger partial charge on any atom is 0.141 e. The molecule has 1 aromatic rings. The number of methoxy groups -OCH3 is 1. The Hall–Kier alpha value is -0.730. The summed E-state index contributed by atoms with van der Waals surface area (Å²) in [4.78, 5) is 0. The second-order valence-electron chi connectivity index (χ2n) is 6.09. The van der Waals surface area contributed by atoms with Gasteiger partial charge in [-0.1, -0.05) is 11.6 Å². The lowest BCUT2D eigenvalue weighted by atomic mass is 9.80. The number of rotatable bonds is 2. The monoisotopic (exact) mass is 293 g/mol. The van der Waals surface area contributed by atoms with Crippen LogP contribution in [0.25, 0.3) is 0 Å². The first kappa shape index (κ1) is 14.2. The van der Waals surface area contributed by atoms with Gasteiger partial charge in [-0.3, -0.25) is 0 Å². The smallest absolute Gasteiger partial charge is 0.141 e. The maximum atomic E-state index is 6.68. The van der Waals surface area contributed by atoms with Gasteiger partial charge in [-0.05, 0) is 68.7 Å². The molecule has 0 aromatic heterocycles. The van der Waals surface area contributed by atoms with Crippen LogP contribution in [0.1, 0.15) is 53.9 Å². The highest BCUT2D eigenvalue weighted by Gasteiger charge is 2.28. The van der Waals surface area contributed by atoms with Crippen molar-refractivity contribution in [2.75, 3.05) is 20.2 Å². The molecular weight excluding hydrogens is 270 g/mol. The highest BCUT2D eigenvalue weighted by Crippen LogP contribution is 2.45. The van der Waals surface area contributed by atoms with Gasteiger partial charge >= 0.3 is 0 Å². The zero-order chi connectivity index (χ0) is 14.1. The second-order valence-corrected chi connectivity index (χ2v) is 6.47. The van der Waals surface area contributed by atoms with Crippen LogP contribution in [0.4, 0.5) is 0 Å². The SMILES string of the molecule is COc1c(Cl)c2c(c(C)c1C1CCCNC1)CCCC2. The van der Waals surface area contributed by atoms with Crippen LogP contribution in [0.3, 0.4) is 0 Å². The van der Waals surface area contributed by atoms with E-state index in [0.717, 1.165) is 30.3 Å². The Morgan fingerprint density at radius 3 is 2.55 bits per heavy atom. The second kappa shape index (κ2) is 5.95. The lowest BCUT2D eigenvalue weighted by Crippen LogP contribution is -2.29. The van der Waals surface area contributed by atoms with Gasteiger partial charge in [0.05, 0.1) is 12.1 Å². The molecule has 1 saturated heterocycles. The Balaban J connectivity index is 2.14. The van der Waals surface area contributed by atoms with Crippen molar-refractivity contribution in [3.63, 3.8) is 0 Å². The fourth-order valence-corrected chi connectivity index (χ4v) is 4.33. The lowest BCUT2D eigenvalue weighted by molar-refractivity contribution is 0.390. The van der Waals surface area contributed by atoms with Crippen molar-refractivity contribution >= 4 is 11.6 Å². The molecular formula is C17H24ClNO. The van der Waals surface area contributed by atoms with Gasteiger partial charge in [0.25, 0.3) is 0 Å². The van der Waals surface area contributed by atoms with Crippen LogP contribution >= 0.6 is 11.6 Å². The first-order valence-electron chi connectivity index (χ1n) is 7.82. The minimum absolute atomic E-state index is 0.545. The molecule has 1 unspecified atom stereocenters. The van der Waals surface area contributed by atoms with Crippen molar-refractivity contribution in [3.05, 3.63) is 27.3 Å². The summed E-state index contributed by atoms with van der Waals surface area (Å²) in [6.45, 7) is 4.45. The van der Waals surface area contributed by atoms with Crippen molar-refractivity contribution in [2.24, 2.45) is 0 Å². The molecule has 1 heterocycles. The van der Waals surface area contributed by atoms with Crippen LogP contribution < -0.4 is 10.1 Å². The van der Waals surface area contributed by atoms with Gasteiger partial charge in [0.1, 0.15) is 5.75 Å². The van der Waals surface area contributed by atoms with E-state index in [1.54, 1.807) is 7.11 Å². The Morgan fingerprint density at radius 2 is 1.90 bits per heavy atom. The van der Waals surface area contributed by atoms with E-state index in [4.69, 9.17) is 16.3 Å². The molecule has 110 valence electrons. The predicted molar refractivity (Wildman–Crippen MR) is 84.2 cm³/mol. The summed E-state index contributed by atoms with van der Waals surface area (Å²) in [6.07, 6.45) is 7.30. The summed E-state index contributed by atoms with van der Waals surface area (Å²) in [5.74, 6) is 1.49. The summed E-state index contributed by atoms with van der Waals surface area (Å²) < 4.78 is 5.72. The van der Waals surface area contributed by atoms with E-state index in [-0.39, 0.29) is 0 Å². The Morgan fingerprint density at radius 1 is 1.15 bits per heavy atom. The fraction of sp³-hybridized carbons (Fsp3) is 0.647. The number of halogens is 1. The first-order valence-corrected chi connectivity index (χ1v) is 8.20. The molecule has 1 aliphatic carbocycles. The number of nitrogens with one attached hydrogen (secondary N) is 1. The lowest BCUT2D eigenvalue weighted by Gasteiger charge is -2.30. The average molecular weight is 294 g/mol. The third-order valence-electron chi connectivity index (χ3n) is 4.94. The van der Waals surface area contributed by atoms with E-state index in [1.807, 2.05) is 0 Å². The van der Waals surface area contributed by atoms with Gasteiger partial charge in [-0.25, -0.2) is 0 Å². The Kier molecular flexibility index (Phi) is 4.23. The van der Waals surface area contributed by atoms with Gasteiger partial charge in [0, 0.05) is 18.0 Å². The molecule has 20 heavy (non-hydrogen) atoms. The van der Waals surface area contributed by atoms with E-state index in [1.165, 1.54) is 54.4 Å². The van der Waals surface area contributed by atoms with Gasteiger partial charge in [0.2, 0.25) is 0 Å². The van der Waals surface area contributed by atoms with Gasteiger partial charge in [-0.2, -0.15) is 0 Å². The molecule has 2 aliphatic rings. The molecule has 3 heteroatoms. The average Bonchev–Trinajstić information content (AvgIpc) is 2.51. The standard InChI is InChI=1S/C17H24ClNO/c1-11-13-7-3-4-8-14(13)16(18)17(20-2)15(11)12-6-5-9-19-10-12/h12,19H,3-10H2,1-2H3. The highest BCUT2D eigenvalue weighted by molar-refractivity contribution is 6.33. The van der Waals surface area contributed by atoms with Crippen LogP contribution in [0.2, 0.25) is 5.02 Å². The third-order valence-corrected chi connectivity index (χ3v) is 5.34. The molecule has 0 saturated carbocycles. The Bertz CT molecular complexity index is 506. The van der Waals surface area contributed by atoms with Crippen LogP contribution in [0.15, 0.2) is 0 Å². The summed E-state index contributed by atoms with van der Waals surface area (Å²) >= 11 is 6.68. The highest BCUT2D eigenvalue weighted by atomic mass is 35.5. The molecule has 1 aliphatic heterocycles. The Labute approximate surface area is 126 Å². The minimum atomic E-state index is 0.545. The normalized spacial score (nSPS) is 22.4. The van der Waals surface area contributed by atoms with E-state index in [2.05, 4.69) is 12.2 Å². The zero-order valence-electron chi connectivity index (χ0n) is 12.5. The molecule has 0 spiro atoms. The molecule has 3 rings (SSSR count). The third kappa shape index (κ3) is 2.33. The van der Waals surface area contributed by atoms with Gasteiger partial charge in [0.15, 0.2) is 0 Å². The van der Waals surface area contributed by atoms with Crippen molar-refractivity contribution in [1.82, 2.24) is 5.32 Å². The number of ether oxygens (including phenoxy) is 1. The summed E-state index contributed by atoms with van der Waals surface area (Å²) in [5, 5.41) is 4.40. The van der Waals surface area contributed by atoms with Crippen LogP contribution in [0, 0.1) is 6.92 Å². The first-order chi connectivity index (χ1) is 9.74. The summed E-state index contributed by atoms with van der Waals surface area (Å²) in [7, 11) is 1.76. The van der Waals surface area contributed by atoms with Crippen LogP contribution in [-0.4, -0.2) is 20.2 Å². The summed E-state index contributed by atoms with van der Waals surface area (Å²) in [5.41, 5.74) is 5.66. The fourth-order valence-electron chi connectivity index (χ4n) is 3.94. The molecule has 1 atom stereocenters. The van der Waals surface area contributed by atoms with Crippen LogP contribution in [-0.2, 0) is 12.8 Å². The molecule has 2 nitrogen and oxygen atoms in total. The summed E-state index contributed by atoms with van der Waals surface area (Å²) in [6, 6.07) is 0. The molecule has 0 amide bonds. The van der Waals surface area contributed by atoms with Crippen LogP contribution in [0.5, 0.6) is 5.75 Å². The number of benzene rings is 1. The topological polar surface area (TPSA) is 21.3 Å². The quantitative estimate of drug-likeness (QED) is 0.890.